The quantitative estimate of drug-likeness (QED) is 0.570. The van der Waals surface area contributed by atoms with Crippen LogP contribution < -0.4 is 4.90 Å². The zero-order valence-corrected chi connectivity index (χ0v) is 16.6. The number of rotatable bonds is 7. The van der Waals surface area contributed by atoms with Gasteiger partial charge in [-0.25, -0.2) is 4.68 Å². The molecule has 0 aliphatic carbocycles. The number of anilines is 1. The van der Waals surface area contributed by atoms with Gasteiger partial charge in [-0.1, -0.05) is 48.2 Å². The standard InChI is InChI=1S/C20H23N5O2S/c1-2-24(18-11-5-8-15-7-3-4-10-17(15)18)19(26)14-28-20-21-22-23-25(20)13-16-9-6-12-27-16/h3-5,7-8,10-11,16H,2,6,9,12-14H2,1H3. The van der Waals surface area contributed by atoms with E-state index in [0.29, 0.717) is 18.2 Å². The highest BCUT2D eigenvalue weighted by Crippen LogP contribution is 2.28. The number of fused-ring (bicyclic) bond motifs is 1. The van der Waals surface area contributed by atoms with Crippen LogP contribution in [0.1, 0.15) is 19.8 Å². The third kappa shape index (κ3) is 4.02. The van der Waals surface area contributed by atoms with Crippen molar-refractivity contribution >= 4 is 34.1 Å². The Hall–Kier alpha value is -2.45. The van der Waals surface area contributed by atoms with Crippen molar-refractivity contribution in [3.05, 3.63) is 42.5 Å². The number of nitrogens with zero attached hydrogens (tertiary/aromatic N) is 5. The topological polar surface area (TPSA) is 73.1 Å². The van der Waals surface area contributed by atoms with Gasteiger partial charge in [-0.2, -0.15) is 0 Å². The number of amides is 1. The van der Waals surface area contributed by atoms with Gasteiger partial charge in [0.15, 0.2) is 0 Å². The van der Waals surface area contributed by atoms with Crippen LogP contribution in [0.15, 0.2) is 47.6 Å². The second-order valence-corrected chi connectivity index (χ2v) is 7.65. The molecule has 2 heterocycles. The Labute approximate surface area is 168 Å². The molecule has 1 saturated heterocycles. The van der Waals surface area contributed by atoms with Gasteiger partial charge in [0.2, 0.25) is 11.1 Å². The fourth-order valence-corrected chi connectivity index (χ4v) is 4.29. The van der Waals surface area contributed by atoms with Crippen molar-refractivity contribution in [2.75, 3.05) is 23.8 Å². The van der Waals surface area contributed by atoms with Crippen LogP contribution in [0.5, 0.6) is 0 Å². The molecule has 1 amide bonds. The van der Waals surface area contributed by atoms with Crippen LogP contribution in [0.2, 0.25) is 0 Å². The lowest BCUT2D eigenvalue weighted by Gasteiger charge is -2.22. The lowest BCUT2D eigenvalue weighted by molar-refractivity contribution is -0.116. The zero-order valence-electron chi connectivity index (χ0n) is 15.8. The van der Waals surface area contributed by atoms with E-state index >= 15 is 0 Å². The van der Waals surface area contributed by atoms with E-state index in [1.807, 2.05) is 36.1 Å². The van der Waals surface area contributed by atoms with Crippen molar-refractivity contribution < 1.29 is 9.53 Å². The molecule has 2 aromatic carbocycles. The second kappa shape index (κ2) is 8.70. The summed E-state index contributed by atoms with van der Waals surface area (Å²) in [6.45, 7) is 4.02. The van der Waals surface area contributed by atoms with Crippen LogP contribution in [-0.4, -0.2) is 51.1 Å². The van der Waals surface area contributed by atoms with E-state index in [9.17, 15) is 4.79 Å². The fraction of sp³-hybridized carbons (Fsp3) is 0.400. The summed E-state index contributed by atoms with van der Waals surface area (Å²) in [4.78, 5) is 14.8. The number of ether oxygens (including phenoxy) is 1. The minimum atomic E-state index is 0.0375. The number of tetrazole rings is 1. The Balaban J connectivity index is 1.46. The largest absolute Gasteiger partial charge is 0.376 e. The molecule has 8 heteroatoms. The summed E-state index contributed by atoms with van der Waals surface area (Å²) in [7, 11) is 0. The highest BCUT2D eigenvalue weighted by atomic mass is 32.2. The molecule has 1 aliphatic heterocycles. The van der Waals surface area contributed by atoms with Crippen LogP contribution in [0.3, 0.4) is 0 Å². The Kier molecular flexibility index (Phi) is 5.87. The molecule has 1 aliphatic rings. The Bertz CT molecular complexity index is 949. The van der Waals surface area contributed by atoms with Crippen LogP contribution in [0, 0.1) is 0 Å². The maximum Gasteiger partial charge on any atom is 0.237 e. The molecule has 7 nitrogen and oxygen atoms in total. The second-order valence-electron chi connectivity index (χ2n) is 6.70. The van der Waals surface area contributed by atoms with Crippen LogP contribution in [0.25, 0.3) is 10.8 Å². The van der Waals surface area contributed by atoms with Gasteiger partial charge in [-0.15, -0.1) is 5.10 Å². The summed E-state index contributed by atoms with van der Waals surface area (Å²) in [6, 6.07) is 14.2. The molecule has 28 heavy (non-hydrogen) atoms. The molecular weight excluding hydrogens is 374 g/mol. The van der Waals surface area contributed by atoms with Crippen LogP contribution in [-0.2, 0) is 16.1 Å². The smallest absolute Gasteiger partial charge is 0.237 e. The number of hydrogen-bond acceptors (Lipinski definition) is 6. The summed E-state index contributed by atoms with van der Waals surface area (Å²) in [5.74, 6) is 0.318. The minimum Gasteiger partial charge on any atom is -0.376 e. The molecule has 4 rings (SSSR count). The molecule has 0 N–H and O–H groups in total. The number of carbonyl (C=O) groups is 1. The molecule has 0 radical (unpaired) electrons. The van der Waals surface area contributed by atoms with Crippen LogP contribution in [0.4, 0.5) is 5.69 Å². The highest BCUT2D eigenvalue weighted by molar-refractivity contribution is 7.99. The predicted octanol–water partition coefficient (Wildman–Crippen LogP) is 3.15. The summed E-state index contributed by atoms with van der Waals surface area (Å²) < 4.78 is 7.40. The van der Waals surface area contributed by atoms with Crippen molar-refractivity contribution in [1.29, 1.82) is 0 Å². The van der Waals surface area contributed by atoms with E-state index < -0.39 is 0 Å². The summed E-state index contributed by atoms with van der Waals surface area (Å²) >= 11 is 1.37. The molecule has 0 spiro atoms. The van der Waals surface area contributed by atoms with Gasteiger partial charge < -0.3 is 9.64 Å². The van der Waals surface area contributed by atoms with Gasteiger partial charge in [0.25, 0.3) is 0 Å². The monoisotopic (exact) mass is 397 g/mol. The van der Waals surface area contributed by atoms with Gasteiger partial charge in [0.1, 0.15) is 0 Å². The van der Waals surface area contributed by atoms with Gasteiger partial charge in [0, 0.05) is 18.5 Å². The van der Waals surface area contributed by atoms with E-state index in [-0.39, 0.29) is 17.8 Å². The molecule has 1 fully saturated rings. The first-order chi connectivity index (χ1) is 13.8. The van der Waals surface area contributed by atoms with E-state index in [2.05, 4.69) is 33.7 Å². The molecule has 0 bridgehead atoms. The normalized spacial score (nSPS) is 16.5. The SMILES string of the molecule is CCN(C(=O)CSc1nnnn1CC1CCCO1)c1cccc2ccccc12. The summed E-state index contributed by atoms with van der Waals surface area (Å²) in [5, 5.41) is 14.7. The molecule has 1 atom stereocenters. The highest BCUT2D eigenvalue weighted by Gasteiger charge is 2.21. The fourth-order valence-electron chi connectivity index (χ4n) is 3.52. The molecule has 146 valence electrons. The molecule has 1 aromatic heterocycles. The van der Waals surface area contributed by atoms with E-state index in [0.717, 1.165) is 35.9 Å². The Morgan fingerprint density at radius 2 is 2.14 bits per heavy atom. The maximum atomic E-state index is 13.0. The zero-order chi connectivity index (χ0) is 19.3. The molecule has 0 saturated carbocycles. The number of hydrogen-bond donors (Lipinski definition) is 0. The third-order valence-electron chi connectivity index (χ3n) is 4.90. The van der Waals surface area contributed by atoms with E-state index in [1.165, 1.54) is 11.8 Å². The van der Waals surface area contributed by atoms with Crippen molar-refractivity contribution in [3.63, 3.8) is 0 Å². The first-order valence-corrected chi connectivity index (χ1v) is 10.5. The summed E-state index contributed by atoms with van der Waals surface area (Å²) in [6.07, 6.45) is 2.25. The van der Waals surface area contributed by atoms with E-state index in [1.54, 1.807) is 4.68 Å². The van der Waals surface area contributed by atoms with E-state index in [4.69, 9.17) is 4.74 Å². The molecule has 3 aromatic rings. The first kappa shape index (κ1) is 18.9. The van der Waals surface area contributed by atoms with Gasteiger partial charge in [-0.3, -0.25) is 4.79 Å². The lowest BCUT2D eigenvalue weighted by Crippen LogP contribution is -2.32. The van der Waals surface area contributed by atoms with Gasteiger partial charge in [0.05, 0.1) is 24.1 Å². The molecular formula is C20H23N5O2S. The maximum absolute atomic E-state index is 13.0. The minimum absolute atomic E-state index is 0.0375. The number of thioether (sulfide) groups is 1. The first-order valence-electron chi connectivity index (χ1n) is 9.55. The van der Waals surface area contributed by atoms with Crippen LogP contribution >= 0.6 is 11.8 Å². The number of aromatic nitrogens is 4. The number of benzene rings is 2. The average Bonchev–Trinajstić information content (AvgIpc) is 3.39. The van der Waals surface area contributed by atoms with Gasteiger partial charge >= 0.3 is 0 Å². The predicted molar refractivity (Wildman–Crippen MR) is 109 cm³/mol. The van der Waals surface area contributed by atoms with Gasteiger partial charge in [-0.05, 0) is 41.6 Å². The van der Waals surface area contributed by atoms with Crippen molar-refractivity contribution in [3.8, 4) is 0 Å². The Morgan fingerprint density at radius 1 is 1.29 bits per heavy atom. The average molecular weight is 398 g/mol. The van der Waals surface area contributed by atoms with Crippen molar-refractivity contribution in [2.24, 2.45) is 0 Å². The number of carbonyl (C=O) groups excluding carboxylic acids is 1. The molecule has 1 unspecified atom stereocenters. The third-order valence-corrected chi connectivity index (χ3v) is 5.84. The van der Waals surface area contributed by atoms with Crippen molar-refractivity contribution in [2.45, 2.75) is 37.6 Å². The lowest BCUT2D eigenvalue weighted by atomic mass is 10.1. The summed E-state index contributed by atoms with van der Waals surface area (Å²) in [5.41, 5.74) is 0.935. The Morgan fingerprint density at radius 3 is 2.96 bits per heavy atom. The van der Waals surface area contributed by atoms with Crippen molar-refractivity contribution in [1.82, 2.24) is 20.2 Å².